The molecule has 0 saturated carbocycles. The fourth-order valence-corrected chi connectivity index (χ4v) is 2.87. The Bertz CT molecular complexity index is 522. The topological polar surface area (TPSA) is 58.4 Å². The predicted octanol–water partition coefficient (Wildman–Crippen LogP) is 2.26. The molecule has 1 aromatic rings. The lowest BCUT2D eigenvalue weighted by Crippen LogP contribution is -2.44. The van der Waals surface area contributed by atoms with Gasteiger partial charge in [-0.2, -0.15) is 0 Å². The van der Waals surface area contributed by atoms with Crippen LogP contribution in [0, 0.1) is 12.7 Å². The van der Waals surface area contributed by atoms with Crippen LogP contribution in [0.25, 0.3) is 0 Å². The molecule has 5 heteroatoms. The zero-order chi connectivity index (χ0) is 15.6. The lowest BCUT2D eigenvalue weighted by atomic mass is 9.99. The number of hydrogen-bond acceptors (Lipinski definition) is 3. The molecule has 4 nitrogen and oxygen atoms in total. The fraction of sp³-hybridized carbons (Fsp3) is 0.562. The molecule has 0 radical (unpaired) electrons. The summed E-state index contributed by atoms with van der Waals surface area (Å²) in [4.78, 5) is 13.3. The second-order valence-corrected chi connectivity index (χ2v) is 5.91. The van der Waals surface area contributed by atoms with Crippen LogP contribution in [0.3, 0.4) is 0 Å². The first-order chi connectivity index (χ1) is 9.88. The summed E-state index contributed by atoms with van der Waals surface area (Å²) in [5, 5.41) is 2.96. The molecule has 0 unspecified atom stereocenters. The number of halogens is 1. The van der Waals surface area contributed by atoms with Crippen LogP contribution < -0.4 is 16.0 Å². The summed E-state index contributed by atoms with van der Waals surface area (Å²) in [5.74, 6) is -0.193. The Labute approximate surface area is 125 Å². The quantitative estimate of drug-likeness (QED) is 0.898. The van der Waals surface area contributed by atoms with Gasteiger partial charge in [0.2, 0.25) is 5.91 Å². The highest BCUT2D eigenvalue weighted by atomic mass is 19.1. The van der Waals surface area contributed by atoms with Crippen LogP contribution >= 0.6 is 0 Å². The second kappa shape index (κ2) is 6.43. The van der Waals surface area contributed by atoms with Crippen molar-refractivity contribution in [1.82, 2.24) is 5.32 Å². The van der Waals surface area contributed by atoms with E-state index < -0.39 is 0 Å². The van der Waals surface area contributed by atoms with Crippen molar-refractivity contribution in [2.45, 2.75) is 45.7 Å². The van der Waals surface area contributed by atoms with E-state index in [0.29, 0.717) is 5.56 Å². The van der Waals surface area contributed by atoms with Crippen molar-refractivity contribution < 1.29 is 9.18 Å². The summed E-state index contributed by atoms with van der Waals surface area (Å²) in [6.07, 6.45) is 1.79. The molecule has 116 valence electrons. The molecule has 1 heterocycles. The summed E-state index contributed by atoms with van der Waals surface area (Å²) in [5.41, 5.74) is 8.48. The van der Waals surface area contributed by atoms with Crippen molar-refractivity contribution in [2.24, 2.45) is 5.73 Å². The molecule has 1 aliphatic rings. The van der Waals surface area contributed by atoms with Crippen LogP contribution in [0.1, 0.15) is 43.9 Å². The number of nitrogens with zero attached hydrogens (tertiary/aromatic N) is 1. The van der Waals surface area contributed by atoms with E-state index in [4.69, 9.17) is 5.73 Å². The molecular weight excluding hydrogens is 269 g/mol. The number of carbonyl (C=O) groups excluding carboxylic acids is 1. The van der Waals surface area contributed by atoms with Gasteiger partial charge in [0.25, 0.3) is 0 Å². The number of carbonyl (C=O) groups is 1. The summed E-state index contributed by atoms with van der Waals surface area (Å²) < 4.78 is 13.8. The molecule has 1 fully saturated rings. The van der Waals surface area contributed by atoms with Crippen molar-refractivity contribution >= 4 is 11.6 Å². The number of piperidine rings is 1. The monoisotopic (exact) mass is 293 g/mol. The number of nitrogens with one attached hydrogen (secondary N) is 1. The average molecular weight is 293 g/mol. The Morgan fingerprint density at radius 3 is 2.57 bits per heavy atom. The Morgan fingerprint density at radius 1 is 1.43 bits per heavy atom. The van der Waals surface area contributed by atoms with E-state index in [0.717, 1.165) is 37.2 Å². The predicted molar refractivity (Wildman–Crippen MR) is 82.8 cm³/mol. The van der Waals surface area contributed by atoms with Crippen molar-refractivity contribution in [3.63, 3.8) is 0 Å². The highest BCUT2D eigenvalue weighted by Crippen LogP contribution is 2.30. The second-order valence-electron chi connectivity index (χ2n) is 5.91. The van der Waals surface area contributed by atoms with E-state index in [1.54, 1.807) is 19.9 Å². The van der Waals surface area contributed by atoms with Crippen LogP contribution in [0.4, 0.5) is 10.1 Å². The molecule has 1 saturated heterocycles. The zero-order valence-corrected chi connectivity index (χ0v) is 12.9. The minimum atomic E-state index is -0.209. The van der Waals surface area contributed by atoms with Crippen LogP contribution in [0.15, 0.2) is 12.1 Å². The van der Waals surface area contributed by atoms with Gasteiger partial charge in [0.05, 0.1) is 0 Å². The molecule has 21 heavy (non-hydrogen) atoms. The van der Waals surface area contributed by atoms with Gasteiger partial charge < -0.3 is 16.0 Å². The minimum Gasteiger partial charge on any atom is -0.371 e. The first kappa shape index (κ1) is 15.8. The van der Waals surface area contributed by atoms with Crippen molar-refractivity contribution in [3.05, 3.63) is 29.1 Å². The first-order valence-corrected chi connectivity index (χ1v) is 7.46. The molecule has 0 aromatic heterocycles. The van der Waals surface area contributed by atoms with Crippen LogP contribution in [0.2, 0.25) is 0 Å². The SMILES string of the molecule is CC(=O)NC1CCN(c2cc(C)c(F)cc2[C@H](C)N)CC1. The van der Waals surface area contributed by atoms with Crippen LogP contribution in [-0.2, 0) is 4.79 Å². The van der Waals surface area contributed by atoms with Gasteiger partial charge in [0, 0.05) is 37.8 Å². The number of rotatable bonds is 3. The summed E-state index contributed by atoms with van der Waals surface area (Å²) in [7, 11) is 0. The van der Waals surface area contributed by atoms with Crippen LogP contribution in [-0.4, -0.2) is 25.0 Å². The summed E-state index contributed by atoms with van der Waals surface area (Å²) in [6, 6.07) is 3.46. The molecule has 0 bridgehead atoms. The van der Waals surface area contributed by atoms with Gasteiger partial charge in [0.15, 0.2) is 0 Å². The Kier molecular flexibility index (Phi) is 4.83. The van der Waals surface area contributed by atoms with Gasteiger partial charge in [-0.25, -0.2) is 4.39 Å². The number of aryl methyl sites for hydroxylation is 1. The summed E-state index contributed by atoms with van der Waals surface area (Å²) >= 11 is 0. The lowest BCUT2D eigenvalue weighted by molar-refractivity contribution is -0.119. The van der Waals surface area contributed by atoms with E-state index in [9.17, 15) is 9.18 Å². The van der Waals surface area contributed by atoms with Crippen LogP contribution in [0.5, 0.6) is 0 Å². The fourth-order valence-electron chi connectivity index (χ4n) is 2.87. The van der Waals surface area contributed by atoms with Crippen molar-refractivity contribution in [1.29, 1.82) is 0 Å². The standard InChI is InChI=1S/C16H24FN3O/c1-10-8-16(14(11(2)18)9-15(10)17)20-6-4-13(5-7-20)19-12(3)21/h8-9,11,13H,4-7,18H2,1-3H3,(H,19,21)/t11-/m0/s1. The van der Waals surface area contributed by atoms with Gasteiger partial charge in [-0.15, -0.1) is 0 Å². The Morgan fingerprint density at radius 2 is 2.05 bits per heavy atom. The third-order valence-corrected chi connectivity index (χ3v) is 4.04. The highest BCUT2D eigenvalue weighted by molar-refractivity contribution is 5.73. The molecule has 0 spiro atoms. The highest BCUT2D eigenvalue weighted by Gasteiger charge is 2.23. The number of hydrogen-bond donors (Lipinski definition) is 2. The van der Waals surface area contributed by atoms with Gasteiger partial charge in [-0.3, -0.25) is 4.79 Å². The van der Waals surface area contributed by atoms with E-state index in [1.807, 2.05) is 13.0 Å². The lowest BCUT2D eigenvalue weighted by Gasteiger charge is -2.35. The van der Waals surface area contributed by atoms with Gasteiger partial charge in [-0.05, 0) is 49.9 Å². The molecule has 1 amide bonds. The minimum absolute atomic E-state index is 0.0161. The Balaban J connectivity index is 2.16. The normalized spacial score (nSPS) is 17.7. The van der Waals surface area contributed by atoms with Crippen molar-refractivity contribution in [2.75, 3.05) is 18.0 Å². The number of benzene rings is 1. The number of amides is 1. The average Bonchev–Trinajstić information content (AvgIpc) is 2.41. The van der Waals surface area contributed by atoms with E-state index in [1.165, 1.54) is 0 Å². The van der Waals surface area contributed by atoms with Crippen molar-refractivity contribution in [3.8, 4) is 0 Å². The molecule has 1 aromatic carbocycles. The smallest absolute Gasteiger partial charge is 0.217 e. The molecule has 1 atom stereocenters. The first-order valence-electron chi connectivity index (χ1n) is 7.46. The largest absolute Gasteiger partial charge is 0.371 e. The number of nitrogens with two attached hydrogens (primary N) is 1. The van der Waals surface area contributed by atoms with Gasteiger partial charge in [0.1, 0.15) is 5.82 Å². The molecular formula is C16H24FN3O. The molecule has 3 N–H and O–H groups in total. The summed E-state index contributed by atoms with van der Waals surface area (Å²) in [6.45, 7) is 6.88. The van der Waals surface area contributed by atoms with E-state index >= 15 is 0 Å². The maximum Gasteiger partial charge on any atom is 0.217 e. The zero-order valence-electron chi connectivity index (χ0n) is 12.9. The van der Waals surface area contributed by atoms with Gasteiger partial charge in [-0.1, -0.05) is 0 Å². The third-order valence-electron chi connectivity index (χ3n) is 4.04. The third kappa shape index (κ3) is 3.73. The molecule has 2 rings (SSSR count). The van der Waals surface area contributed by atoms with E-state index in [2.05, 4.69) is 10.2 Å². The molecule has 0 aliphatic carbocycles. The maximum absolute atomic E-state index is 13.8. The Hall–Kier alpha value is -1.62. The van der Waals surface area contributed by atoms with Gasteiger partial charge >= 0.3 is 0 Å². The molecule has 1 aliphatic heterocycles. The maximum atomic E-state index is 13.8. The number of anilines is 1. The van der Waals surface area contributed by atoms with E-state index in [-0.39, 0.29) is 23.8 Å².